The lowest BCUT2D eigenvalue weighted by Crippen LogP contribution is -2.01. The van der Waals surface area contributed by atoms with Crippen LogP contribution in [0.5, 0.6) is 0 Å². The molecule has 0 aliphatic rings. The molecule has 0 saturated carbocycles. The first-order chi connectivity index (χ1) is 8.70. The van der Waals surface area contributed by atoms with Gasteiger partial charge in [-0.2, -0.15) is 0 Å². The summed E-state index contributed by atoms with van der Waals surface area (Å²) < 4.78 is 17.9. The summed E-state index contributed by atoms with van der Waals surface area (Å²) in [5.74, 6) is -0.164. The van der Waals surface area contributed by atoms with E-state index in [9.17, 15) is 9.18 Å². The molecule has 1 aromatic heterocycles. The molecule has 2 aromatic rings. The van der Waals surface area contributed by atoms with Crippen LogP contribution in [0.3, 0.4) is 0 Å². The fourth-order valence-electron chi connectivity index (χ4n) is 1.28. The topological polar surface area (TPSA) is 39.2 Å². The Bertz CT molecular complexity index is 557. The van der Waals surface area contributed by atoms with Gasteiger partial charge >= 0.3 is 5.97 Å². The quantitative estimate of drug-likeness (QED) is 0.637. The van der Waals surface area contributed by atoms with Crippen LogP contribution in [-0.4, -0.2) is 18.1 Å². The summed E-state index contributed by atoms with van der Waals surface area (Å²) in [7, 11) is 1.31. The van der Waals surface area contributed by atoms with Crippen LogP contribution in [0.15, 0.2) is 34.5 Å². The van der Waals surface area contributed by atoms with E-state index in [0.717, 1.165) is 5.01 Å². The third kappa shape index (κ3) is 3.08. The molecule has 0 unspecified atom stereocenters. The predicted molar refractivity (Wildman–Crippen MR) is 69.4 cm³/mol. The number of nitrogens with zero attached hydrogens (tertiary/aromatic N) is 1. The zero-order valence-corrected chi connectivity index (χ0v) is 11.2. The Labute approximate surface area is 112 Å². The molecule has 1 aromatic carbocycles. The Morgan fingerprint density at radius 3 is 3.00 bits per heavy atom. The molecule has 1 heterocycles. The number of thioether (sulfide) groups is 1. The van der Waals surface area contributed by atoms with E-state index in [4.69, 9.17) is 0 Å². The molecule has 94 valence electrons. The van der Waals surface area contributed by atoms with Crippen molar-refractivity contribution in [3.8, 4) is 0 Å². The van der Waals surface area contributed by atoms with E-state index in [1.807, 2.05) is 0 Å². The number of halogens is 1. The third-order valence-electron chi connectivity index (χ3n) is 2.13. The van der Waals surface area contributed by atoms with Gasteiger partial charge in [-0.15, -0.1) is 23.1 Å². The molecule has 0 aliphatic carbocycles. The maximum atomic E-state index is 13.4. The molecule has 0 radical (unpaired) electrons. The van der Waals surface area contributed by atoms with Crippen LogP contribution >= 0.6 is 23.1 Å². The molecule has 6 heteroatoms. The molecular weight excluding hydrogens is 273 g/mol. The minimum Gasteiger partial charge on any atom is -0.464 e. The van der Waals surface area contributed by atoms with Crippen molar-refractivity contribution in [3.63, 3.8) is 0 Å². The zero-order chi connectivity index (χ0) is 13.0. The average Bonchev–Trinajstić information content (AvgIpc) is 2.86. The number of carbonyl (C=O) groups excluding carboxylic acids is 1. The van der Waals surface area contributed by atoms with E-state index in [2.05, 4.69) is 9.72 Å². The Kier molecular flexibility index (Phi) is 4.33. The van der Waals surface area contributed by atoms with E-state index in [1.165, 1.54) is 36.3 Å². The zero-order valence-electron chi connectivity index (χ0n) is 9.55. The second-order valence-corrected chi connectivity index (χ2v) is 5.30. The summed E-state index contributed by atoms with van der Waals surface area (Å²) in [5, 5.41) is 2.41. The summed E-state index contributed by atoms with van der Waals surface area (Å²) in [4.78, 5) is 15.9. The SMILES string of the molecule is COC(=O)c1csc(CSc2ccccc2F)n1. The monoisotopic (exact) mass is 283 g/mol. The molecule has 0 amide bonds. The number of benzene rings is 1. The Morgan fingerprint density at radius 2 is 2.28 bits per heavy atom. The second kappa shape index (κ2) is 5.97. The Morgan fingerprint density at radius 1 is 1.50 bits per heavy atom. The van der Waals surface area contributed by atoms with Gasteiger partial charge in [0.1, 0.15) is 10.8 Å². The largest absolute Gasteiger partial charge is 0.464 e. The van der Waals surface area contributed by atoms with Gasteiger partial charge in [0.05, 0.1) is 12.9 Å². The summed E-state index contributed by atoms with van der Waals surface area (Å²) in [6, 6.07) is 6.57. The number of aromatic nitrogens is 1. The first-order valence-electron chi connectivity index (χ1n) is 5.10. The highest BCUT2D eigenvalue weighted by molar-refractivity contribution is 7.98. The van der Waals surface area contributed by atoms with Crippen LogP contribution in [-0.2, 0) is 10.5 Å². The molecule has 0 saturated heterocycles. The first kappa shape index (κ1) is 13.0. The second-order valence-electron chi connectivity index (χ2n) is 3.34. The number of thiazole rings is 1. The summed E-state index contributed by atoms with van der Waals surface area (Å²) >= 11 is 2.72. The summed E-state index contributed by atoms with van der Waals surface area (Å²) in [6.07, 6.45) is 0. The molecule has 0 spiro atoms. The van der Waals surface area contributed by atoms with E-state index >= 15 is 0 Å². The lowest BCUT2D eigenvalue weighted by atomic mass is 10.3. The maximum Gasteiger partial charge on any atom is 0.357 e. The van der Waals surface area contributed by atoms with Crippen molar-refractivity contribution in [2.75, 3.05) is 7.11 Å². The van der Waals surface area contributed by atoms with E-state index in [-0.39, 0.29) is 5.82 Å². The number of hydrogen-bond acceptors (Lipinski definition) is 5. The van der Waals surface area contributed by atoms with E-state index < -0.39 is 5.97 Å². The number of carbonyl (C=O) groups is 1. The van der Waals surface area contributed by atoms with Gasteiger partial charge in [-0.25, -0.2) is 14.2 Å². The minimum absolute atomic E-state index is 0.243. The predicted octanol–water partition coefficient (Wildman–Crippen LogP) is 3.36. The van der Waals surface area contributed by atoms with Crippen molar-refractivity contribution in [2.24, 2.45) is 0 Å². The Hall–Kier alpha value is -1.40. The molecule has 0 bridgehead atoms. The minimum atomic E-state index is -0.451. The van der Waals surface area contributed by atoms with Gasteiger partial charge in [0, 0.05) is 10.3 Å². The van der Waals surface area contributed by atoms with Gasteiger partial charge in [0.2, 0.25) is 0 Å². The van der Waals surface area contributed by atoms with Gasteiger partial charge < -0.3 is 4.74 Å². The Balaban J connectivity index is 2.01. The number of esters is 1. The van der Waals surface area contributed by atoms with Gasteiger partial charge in [-0.1, -0.05) is 12.1 Å². The van der Waals surface area contributed by atoms with Crippen molar-refractivity contribution < 1.29 is 13.9 Å². The molecule has 3 nitrogen and oxygen atoms in total. The van der Waals surface area contributed by atoms with Crippen LogP contribution in [0.2, 0.25) is 0 Å². The highest BCUT2D eigenvalue weighted by Crippen LogP contribution is 2.26. The van der Waals surface area contributed by atoms with Gasteiger partial charge in [-0.3, -0.25) is 0 Å². The normalized spacial score (nSPS) is 10.3. The highest BCUT2D eigenvalue weighted by atomic mass is 32.2. The first-order valence-corrected chi connectivity index (χ1v) is 6.97. The number of rotatable bonds is 4. The van der Waals surface area contributed by atoms with Crippen LogP contribution in [0.25, 0.3) is 0 Å². The molecule has 2 rings (SSSR count). The van der Waals surface area contributed by atoms with Crippen molar-refractivity contribution >= 4 is 29.1 Å². The number of hydrogen-bond donors (Lipinski definition) is 0. The summed E-state index contributed by atoms with van der Waals surface area (Å²) in [5.41, 5.74) is 0.298. The molecule has 0 N–H and O–H groups in total. The lowest BCUT2D eigenvalue weighted by molar-refractivity contribution is 0.0595. The van der Waals surface area contributed by atoms with Crippen molar-refractivity contribution in [3.05, 3.63) is 46.2 Å². The average molecular weight is 283 g/mol. The van der Waals surface area contributed by atoms with E-state index in [0.29, 0.717) is 16.3 Å². The lowest BCUT2D eigenvalue weighted by Gasteiger charge is -2.00. The molecular formula is C12H10FNO2S2. The molecule has 0 atom stereocenters. The van der Waals surface area contributed by atoms with Crippen molar-refractivity contribution in [2.45, 2.75) is 10.6 Å². The summed E-state index contributed by atoms with van der Waals surface area (Å²) in [6.45, 7) is 0. The smallest absolute Gasteiger partial charge is 0.357 e. The van der Waals surface area contributed by atoms with Crippen LogP contribution in [0, 0.1) is 5.82 Å². The fourth-order valence-corrected chi connectivity index (χ4v) is 3.00. The number of ether oxygens (including phenoxy) is 1. The van der Waals surface area contributed by atoms with Gasteiger partial charge in [0.15, 0.2) is 5.69 Å². The maximum absolute atomic E-state index is 13.4. The fraction of sp³-hybridized carbons (Fsp3) is 0.167. The van der Waals surface area contributed by atoms with Crippen LogP contribution in [0.1, 0.15) is 15.5 Å². The van der Waals surface area contributed by atoms with Crippen LogP contribution < -0.4 is 0 Å². The van der Waals surface area contributed by atoms with Crippen LogP contribution in [0.4, 0.5) is 4.39 Å². The molecule has 18 heavy (non-hydrogen) atoms. The van der Waals surface area contributed by atoms with Crippen molar-refractivity contribution in [1.29, 1.82) is 0 Å². The third-order valence-corrected chi connectivity index (χ3v) is 4.23. The number of methoxy groups -OCH3 is 1. The molecule has 0 fully saturated rings. The highest BCUT2D eigenvalue weighted by Gasteiger charge is 2.11. The van der Waals surface area contributed by atoms with Crippen molar-refractivity contribution in [1.82, 2.24) is 4.98 Å². The van der Waals surface area contributed by atoms with Gasteiger partial charge in [-0.05, 0) is 12.1 Å². The van der Waals surface area contributed by atoms with E-state index in [1.54, 1.807) is 23.6 Å². The standard InChI is InChI=1S/C12H10FNO2S2/c1-16-12(15)9-6-18-11(14-9)7-17-10-5-3-2-4-8(10)13/h2-6H,7H2,1H3. The van der Waals surface area contributed by atoms with Gasteiger partial charge in [0.25, 0.3) is 0 Å². The molecule has 0 aliphatic heterocycles.